The van der Waals surface area contributed by atoms with E-state index in [4.69, 9.17) is 4.74 Å². The zero-order chi connectivity index (χ0) is 9.68. The molecule has 0 saturated carbocycles. The molecular formula is C10H16N2O. The van der Waals surface area contributed by atoms with Gasteiger partial charge in [0.25, 0.3) is 0 Å². The Morgan fingerprint density at radius 2 is 2.23 bits per heavy atom. The Hall–Kier alpha value is -1.25. The second-order valence-corrected chi connectivity index (χ2v) is 2.60. The average Bonchev–Trinajstić information content (AvgIpc) is 2.22. The molecule has 1 aromatic rings. The monoisotopic (exact) mass is 180 g/mol. The molecule has 0 atom stereocenters. The molecule has 3 nitrogen and oxygen atoms in total. The van der Waals surface area contributed by atoms with Crippen LogP contribution in [0.25, 0.3) is 0 Å². The van der Waals surface area contributed by atoms with E-state index in [1.54, 1.807) is 6.20 Å². The number of likely N-dealkylation sites (N-methyl/N-ethyl adjacent to an activating group) is 1. The van der Waals surface area contributed by atoms with Gasteiger partial charge in [-0.15, -0.1) is 0 Å². The van der Waals surface area contributed by atoms with E-state index in [1.165, 1.54) is 0 Å². The topological polar surface area (TPSA) is 25.4 Å². The number of aromatic nitrogens is 1. The van der Waals surface area contributed by atoms with Crippen LogP contribution < -0.4 is 9.64 Å². The molecule has 0 saturated heterocycles. The van der Waals surface area contributed by atoms with Gasteiger partial charge in [-0.1, -0.05) is 13.8 Å². The molecule has 3 heteroatoms. The lowest BCUT2D eigenvalue weighted by Gasteiger charge is -2.25. The van der Waals surface area contributed by atoms with Gasteiger partial charge in [0.1, 0.15) is 6.61 Å². The van der Waals surface area contributed by atoms with Gasteiger partial charge in [-0.3, -0.25) is 0 Å². The zero-order valence-corrected chi connectivity index (χ0v) is 8.45. The predicted octanol–water partition coefficient (Wildman–Crippen LogP) is 1.94. The molecule has 0 fully saturated rings. The maximum Gasteiger partial charge on any atom is 0.171 e. The molecule has 72 valence electrons. The largest absolute Gasteiger partial charge is 0.488 e. The number of nitrogens with zero attached hydrogens (tertiary/aromatic N) is 2. The summed E-state index contributed by atoms with van der Waals surface area (Å²) in [5, 5.41) is 0. The third-order valence-corrected chi connectivity index (χ3v) is 1.80. The number of rotatable bonds is 0. The molecule has 2 rings (SSSR count). The lowest BCUT2D eigenvalue weighted by molar-refractivity contribution is 0.309. The highest BCUT2D eigenvalue weighted by atomic mass is 16.5. The number of hydrogen-bond acceptors (Lipinski definition) is 3. The lowest BCUT2D eigenvalue weighted by atomic mass is 10.3. The van der Waals surface area contributed by atoms with Crippen molar-refractivity contribution in [1.82, 2.24) is 4.98 Å². The van der Waals surface area contributed by atoms with Crippen LogP contribution in [0.1, 0.15) is 13.8 Å². The number of fused-ring (bicyclic) bond motifs is 1. The summed E-state index contributed by atoms with van der Waals surface area (Å²) >= 11 is 0. The van der Waals surface area contributed by atoms with E-state index in [9.17, 15) is 0 Å². The van der Waals surface area contributed by atoms with E-state index in [2.05, 4.69) is 9.88 Å². The van der Waals surface area contributed by atoms with Crippen molar-refractivity contribution in [2.24, 2.45) is 0 Å². The van der Waals surface area contributed by atoms with Crippen molar-refractivity contribution in [3.05, 3.63) is 18.3 Å². The van der Waals surface area contributed by atoms with Gasteiger partial charge in [0.2, 0.25) is 0 Å². The Balaban J connectivity index is 0.000000396. The van der Waals surface area contributed by atoms with Gasteiger partial charge in [-0.25, -0.2) is 4.98 Å². The first-order valence-corrected chi connectivity index (χ1v) is 4.67. The van der Waals surface area contributed by atoms with Crippen LogP contribution in [0.15, 0.2) is 18.3 Å². The minimum atomic E-state index is 0.759. The highest BCUT2D eigenvalue weighted by Gasteiger charge is 2.14. The molecule has 0 bridgehead atoms. The molecule has 2 heterocycles. The van der Waals surface area contributed by atoms with Crippen molar-refractivity contribution in [2.75, 3.05) is 25.1 Å². The van der Waals surface area contributed by atoms with Crippen LogP contribution in [0, 0.1) is 0 Å². The third kappa shape index (κ3) is 2.11. The van der Waals surface area contributed by atoms with Crippen LogP contribution in [0.5, 0.6) is 5.75 Å². The Labute approximate surface area is 79.3 Å². The van der Waals surface area contributed by atoms with Crippen LogP contribution in [-0.2, 0) is 0 Å². The Bertz CT molecular complexity index is 263. The number of hydrogen-bond donors (Lipinski definition) is 0. The summed E-state index contributed by atoms with van der Waals surface area (Å²) in [7, 11) is 2.02. The second kappa shape index (κ2) is 4.70. The fourth-order valence-electron chi connectivity index (χ4n) is 1.18. The first-order valence-electron chi connectivity index (χ1n) is 4.67. The highest BCUT2D eigenvalue weighted by molar-refractivity contribution is 5.52. The molecule has 0 N–H and O–H groups in total. The Morgan fingerprint density at radius 3 is 2.92 bits per heavy atom. The Kier molecular flexibility index (Phi) is 3.55. The zero-order valence-electron chi connectivity index (χ0n) is 8.45. The summed E-state index contributed by atoms with van der Waals surface area (Å²) in [5.41, 5.74) is 0. The second-order valence-electron chi connectivity index (χ2n) is 2.60. The average molecular weight is 180 g/mol. The van der Waals surface area contributed by atoms with Crippen molar-refractivity contribution in [2.45, 2.75) is 13.8 Å². The summed E-state index contributed by atoms with van der Waals surface area (Å²) < 4.78 is 5.39. The van der Waals surface area contributed by atoms with Crippen LogP contribution in [0.4, 0.5) is 5.82 Å². The SMILES string of the molecule is CC.CN1CCOc2cccnc21. The standard InChI is InChI=1S/C8H10N2O.C2H6/c1-10-5-6-11-7-3-2-4-9-8(7)10;1-2/h2-4H,5-6H2,1H3;1-2H3. The van der Waals surface area contributed by atoms with Gasteiger partial charge in [0.15, 0.2) is 11.6 Å². The van der Waals surface area contributed by atoms with Crippen LogP contribution in [-0.4, -0.2) is 25.2 Å². The molecule has 0 radical (unpaired) electrons. The minimum absolute atomic E-state index is 0.759. The van der Waals surface area contributed by atoms with Gasteiger partial charge >= 0.3 is 0 Å². The molecule has 0 aliphatic carbocycles. The van der Waals surface area contributed by atoms with Crippen LogP contribution in [0.2, 0.25) is 0 Å². The van der Waals surface area contributed by atoms with E-state index in [0.717, 1.165) is 24.7 Å². The third-order valence-electron chi connectivity index (χ3n) is 1.80. The quantitative estimate of drug-likeness (QED) is 0.610. The fourth-order valence-corrected chi connectivity index (χ4v) is 1.18. The van der Waals surface area contributed by atoms with Crippen molar-refractivity contribution in [3.8, 4) is 5.75 Å². The van der Waals surface area contributed by atoms with Gasteiger partial charge in [-0.2, -0.15) is 0 Å². The summed E-state index contributed by atoms with van der Waals surface area (Å²) in [6, 6.07) is 3.83. The van der Waals surface area contributed by atoms with Gasteiger partial charge in [-0.05, 0) is 12.1 Å². The van der Waals surface area contributed by atoms with E-state index in [0.29, 0.717) is 0 Å². The predicted molar refractivity (Wildman–Crippen MR) is 54.4 cm³/mol. The van der Waals surface area contributed by atoms with Crippen molar-refractivity contribution >= 4 is 5.82 Å². The lowest BCUT2D eigenvalue weighted by Crippen LogP contribution is -2.29. The fraction of sp³-hybridized carbons (Fsp3) is 0.500. The van der Waals surface area contributed by atoms with E-state index in [1.807, 2.05) is 33.0 Å². The highest BCUT2D eigenvalue weighted by Crippen LogP contribution is 2.26. The summed E-state index contributed by atoms with van der Waals surface area (Å²) in [5.74, 6) is 1.83. The molecule has 0 amide bonds. The first-order chi connectivity index (χ1) is 6.38. The van der Waals surface area contributed by atoms with Crippen molar-refractivity contribution in [1.29, 1.82) is 0 Å². The molecule has 0 unspecified atom stereocenters. The molecule has 1 aliphatic rings. The number of ether oxygens (including phenoxy) is 1. The van der Waals surface area contributed by atoms with Crippen LogP contribution in [0.3, 0.4) is 0 Å². The first kappa shape index (κ1) is 9.84. The van der Waals surface area contributed by atoms with Gasteiger partial charge < -0.3 is 9.64 Å². The number of pyridine rings is 1. The van der Waals surface area contributed by atoms with Crippen molar-refractivity contribution < 1.29 is 4.74 Å². The summed E-state index contributed by atoms with van der Waals surface area (Å²) in [4.78, 5) is 6.30. The number of anilines is 1. The van der Waals surface area contributed by atoms with Crippen LogP contribution >= 0.6 is 0 Å². The van der Waals surface area contributed by atoms with E-state index in [-0.39, 0.29) is 0 Å². The minimum Gasteiger partial charge on any atom is -0.488 e. The molecule has 0 aromatic carbocycles. The summed E-state index contributed by atoms with van der Waals surface area (Å²) in [6.07, 6.45) is 1.78. The smallest absolute Gasteiger partial charge is 0.171 e. The summed E-state index contributed by atoms with van der Waals surface area (Å²) in [6.45, 7) is 5.68. The molecular weight excluding hydrogens is 164 g/mol. The van der Waals surface area contributed by atoms with E-state index < -0.39 is 0 Å². The van der Waals surface area contributed by atoms with Gasteiger partial charge in [0, 0.05) is 13.2 Å². The molecule has 1 aliphatic heterocycles. The van der Waals surface area contributed by atoms with E-state index >= 15 is 0 Å². The van der Waals surface area contributed by atoms with Gasteiger partial charge in [0.05, 0.1) is 6.54 Å². The maximum absolute atomic E-state index is 5.39. The molecule has 13 heavy (non-hydrogen) atoms. The normalized spacial score (nSPS) is 13.6. The molecule has 1 aromatic heterocycles. The Morgan fingerprint density at radius 1 is 1.46 bits per heavy atom. The van der Waals surface area contributed by atoms with Crippen molar-refractivity contribution in [3.63, 3.8) is 0 Å². The molecule has 0 spiro atoms. The maximum atomic E-state index is 5.39.